The number of pyridine rings is 1. The summed E-state index contributed by atoms with van der Waals surface area (Å²) in [6.07, 6.45) is 1.94. The minimum Gasteiger partial charge on any atom is -0.497 e. The van der Waals surface area contributed by atoms with E-state index in [0.29, 0.717) is 12.1 Å². The predicted octanol–water partition coefficient (Wildman–Crippen LogP) is 3.30. The highest BCUT2D eigenvalue weighted by Gasteiger charge is 2.09. The SMILES string of the molecule is CC[C@@H](O)c1ccc(N(C)c2cccc(OC)c2)cn1. The molecule has 0 saturated carbocycles. The lowest BCUT2D eigenvalue weighted by Crippen LogP contribution is -2.10. The standard InChI is InChI=1S/C16H20N2O2/c1-4-16(19)15-9-8-13(11-17-15)18(2)12-6-5-7-14(10-12)20-3/h5-11,16,19H,4H2,1-3H3/t16-/m1/s1. The summed E-state index contributed by atoms with van der Waals surface area (Å²) in [4.78, 5) is 6.34. The number of rotatable bonds is 5. The number of aliphatic hydroxyl groups excluding tert-OH is 1. The van der Waals surface area contributed by atoms with Crippen LogP contribution in [0.1, 0.15) is 25.1 Å². The Balaban J connectivity index is 2.22. The Bertz CT molecular complexity index is 555. The van der Waals surface area contributed by atoms with E-state index in [-0.39, 0.29) is 0 Å². The van der Waals surface area contributed by atoms with Crippen LogP contribution in [0.15, 0.2) is 42.6 Å². The molecule has 1 aromatic heterocycles. The van der Waals surface area contributed by atoms with Gasteiger partial charge in [0.05, 0.1) is 30.8 Å². The molecular weight excluding hydrogens is 252 g/mol. The molecule has 2 aromatic rings. The van der Waals surface area contributed by atoms with Gasteiger partial charge in [-0.15, -0.1) is 0 Å². The van der Waals surface area contributed by atoms with Crippen molar-refractivity contribution in [3.8, 4) is 5.75 Å². The van der Waals surface area contributed by atoms with Crippen molar-refractivity contribution in [2.24, 2.45) is 0 Å². The van der Waals surface area contributed by atoms with Crippen LogP contribution in [0, 0.1) is 0 Å². The minimum absolute atomic E-state index is 0.494. The number of nitrogens with zero attached hydrogens (tertiary/aromatic N) is 2. The van der Waals surface area contributed by atoms with Crippen molar-refractivity contribution in [1.29, 1.82) is 0 Å². The minimum atomic E-state index is -0.494. The van der Waals surface area contributed by atoms with Gasteiger partial charge in [0, 0.05) is 18.8 Å². The van der Waals surface area contributed by atoms with E-state index in [2.05, 4.69) is 4.98 Å². The Morgan fingerprint density at radius 2 is 2.05 bits per heavy atom. The molecule has 20 heavy (non-hydrogen) atoms. The number of hydrogen-bond donors (Lipinski definition) is 1. The third-order valence-corrected chi connectivity index (χ3v) is 3.33. The summed E-state index contributed by atoms with van der Waals surface area (Å²) in [5, 5.41) is 9.75. The van der Waals surface area contributed by atoms with E-state index >= 15 is 0 Å². The molecule has 106 valence electrons. The summed E-state index contributed by atoms with van der Waals surface area (Å²) in [5.74, 6) is 0.820. The van der Waals surface area contributed by atoms with Gasteiger partial charge in [0.1, 0.15) is 5.75 Å². The first-order valence-corrected chi connectivity index (χ1v) is 6.67. The molecule has 1 atom stereocenters. The van der Waals surface area contributed by atoms with Crippen molar-refractivity contribution >= 4 is 11.4 Å². The number of methoxy groups -OCH3 is 1. The molecule has 4 nitrogen and oxygen atoms in total. The Labute approximate surface area is 119 Å². The van der Waals surface area contributed by atoms with Crippen molar-refractivity contribution < 1.29 is 9.84 Å². The maximum atomic E-state index is 9.75. The quantitative estimate of drug-likeness (QED) is 0.907. The maximum Gasteiger partial charge on any atom is 0.120 e. The van der Waals surface area contributed by atoms with Gasteiger partial charge in [0.15, 0.2) is 0 Å². The van der Waals surface area contributed by atoms with Crippen molar-refractivity contribution in [3.63, 3.8) is 0 Å². The highest BCUT2D eigenvalue weighted by atomic mass is 16.5. The van der Waals surface area contributed by atoms with E-state index in [9.17, 15) is 5.11 Å². The Morgan fingerprint density at radius 3 is 2.65 bits per heavy atom. The van der Waals surface area contributed by atoms with Gasteiger partial charge < -0.3 is 14.7 Å². The predicted molar refractivity (Wildman–Crippen MR) is 80.5 cm³/mol. The fourth-order valence-electron chi connectivity index (χ4n) is 1.97. The van der Waals surface area contributed by atoms with Crippen molar-refractivity contribution in [2.45, 2.75) is 19.4 Å². The summed E-state index contributed by atoms with van der Waals surface area (Å²) in [6.45, 7) is 1.93. The van der Waals surface area contributed by atoms with E-state index in [0.717, 1.165) is 17.1 Å². The fraction of sp³-hybridized carbons (Fsp3) is 0.312. The van der Waals surface area contributed by atoms with Gasteiger partial charge in [-0.2, -0.15) is 0 Å². The smallest absolute Gasteiger partial charge is 0.120 e. The highest BCUT2D eigenvalue weighted by molar-refractivity contribution is 5.63. The number of benzene rings is 1. The normalized spacial score (nSPS) is 12.0. The van der Waals surface area contributed by atoms with Crippen LogP contribution in [-0.4, -0.2) is 24.2 Å². The summed E-state index contributed by atoms with van der Waals surface area (Å²) in [7, 11) is 3.63. The molecule has 0 aliphatic heterocycles. The lowest BCUT2D eigenvalue weighted by molar-refractivity contribution is 0.169. The van der Waals surface area contributed by atoms with E-state index in [4.69, 9.17) is 4.74 Å². The van der Waals surface area contributed by atoms with Gasteiger partial charge >= 0.3 is 0 Å². The number of aromatic nitrogens is 1. The van der Waals surface area contributed by atoms with Gasteiger partial charge in [0.2, 0.25) is 0 Å². The monoisotopic (exact) mass is 272 g/mol. The van der Waals surface area contributed by atoms with Gasteiger partial charge in [0.25, 0.3) is 0 Å². The number of aliphatic hydroxyl groups is 1. The molecule has 0 fully saturated rings. The van der Waals surface area contributed by atoms with E-state index < -0.39 is 6.10 Å². The molecule has 1 heterocycles. The first-order valence-electron chi connectivity index (χ1n) is 6.67. The molecular formula is C16H20N2O2. The summed E-state index contributed by atoms with van der Waals surface area (Å²) < 4.78 is 5.23. The molecule has 0 aliphatic rings. The summed E-state index contributed by atoms with van der Waals surface area (Å²) in [5.41, 5.74) is 2.69. The zero-order valence-electron chi connectivity index (χ0n) is 12.1. The zero-order chi connectivity index (χ0) is 14.5. The zero-order valence-corrected chi connectivity index (χ0v) is 12.1. The van der Waals surface area contributed by atoms with Crippen LogP contribution in [0.2, 0.25) is 0 Å². The lowest BCUT2D eigenvalue weighted by Gasteiger charge is -2.20. The topological polar surface area (TPSA) is 45.6 Å². The third-order valence-electron chi connectivity index (χ3n) is 3.33. The molecule has 0 saturated heterocycles. The van der Waals surface area contributed by atoms with Crippen LogP contribution >= 0.6 is 0 Å². The van der Waals surface area contributed by atoms with Crippen molar-refractivity contribution in [1.82, 2.24) is 4.98 Å². The fourth-order valence-corrected chi connectivity index (χ4v) is 1.97. The van der Waals surface area contributed by atoms with Crippen LogP contribution in [0.3, 0.4) is 0 Å². The van der Waals surface area contributed by atoms with Gasteiger partial charge in [-0.1, -0.05) is 13.0 Å². The average molecular weight is 272 g/mol. The molecule has 0 amide bonds. The van der Waals surface area contributed by atoms with Crippen molar-refractivity contribution in [2.75, 3.05) is 19.1 Å². The molecule has 1 aromatic carbocycles. The van der Waals surface area contributed by atoms with Crippen LogP contribution in [0.25, 0.3) is 0 Å². The number of ether oxygens (including phenoxy) is 1. The molecule has 1 N–H and O–H groups in total. The van der Waals surface area contributed by atoms with Crippen LogP contribution < -0.4 is 9.64 Å². The first-order chi connectivity index (χ1) is 9.65. The number of anilines is 2. The largest absolute Gasteiger partial charge is 0.497 e. The summed E-state index contributed by atoms with van der Waals surface area (Å²) >= 11 is 0. The Morgan fingerprint density at radius 1 is 1.25 bits per heavy atom. The molecule has 0 bridgehead atoms. The van der Waals surface area contributed by atoms with E-state index in [1.165, 1.54) is 0 Å². The van der Waals surface area contributed by atoms with Gasteiger partial charge in [-0.25, -0.2) is 0 Å². The summed E-state index contributed by atoms with van der Waals surface area (Å²) in [6, 6.07) is 11.7. The average Bonchev–Trinajstić information content (AvgIpc) is 2.53. The van der Waals surface area contributed by atoms with Gasteiger partial charge in [-0.05, 0) is 30.7 Å². The highest BCUT2D eigenvalue weighted by Crippen LogP contribution is 2.27. The van der Waals surface area contributed by atoms with Gasteiger partial charge in [-0.3, -0.25) is 4.98 Å². The lowest BCUT2D eigenvalue weighted by atomic mass is 10.2. The van der Waals surface area contributed by atoms with E-state index in [1.54, 1.807) is 13.3 Å². The molecule has 0 aliphatic carbocycles. The Kier molecular flexibility index (Phi) is 4.58. The second-order valence-corrected chi connectivity index (χ2v) is 4.63. The van der Waals surface area contributed by atoms with Crippen molar-refractivity contribution in [3.05, 3.63) is 48.3 Å². The second-order valence-electron chi connectivity index (χ2n) is 4.63. The molecule has 0 spiro atoms. The molecule has 4 heteroatoms. The van der Waals surface area contributed by atoms with Crippen LogP contribution in [-0.2, 0) is 0 Å². The third kappa shape index (κ3) is 3.08. The molecule has 0 radical (unpaired) electrons. The van der Waals surface area contributed by atoms with Crippen LogP contribution in [0.4, 0.5) is 11.4 Å². The maximum absolute atomic E-state index is 9.75. The van der Waals surface area contributed by atoms with Crippen LogP contribution in [0.5, 0.6) is 5.75 Å². The first kappa shape index (κ1) is 14.3. The second kappa shape index (κ2) is 6.39. The number of hydrogen-bond acceptors (Lipinski definition) is 4. The molecule has 0 unspecified atom stereocenters. The Hall–Kier alpha value is -2.07. The molecule has 2 rings (SSSR count). The van der Waals surface area contributed by atoms with E-state index in [1.807, 2.05) is 55.3 Å².